The number of hydrogen-bond acceptors (Lipinski definition) is 5. The Morgan fingerprint density at radius 1 is 1.22 bits per heavy atom. The molecule has 0 unspecified atom stereocenters. The van der Waals surface area contributed by atoms with Gasteiger partial charge < -0.3 is 14.0 Å². The van der Waals surface area contributed by atoms with Crippen LogP contribution in [0, 0.1) is 6.92 Å². The second-order valence-corrected chi connectivity index (χ2v) is 8.36. The highest BCUT2D eigenvalue weighted by atomic mass is 32.2. The quantitative estimate of drug-likeness (QED) is 0.654. The molecule has 1 aliphatic heterocycles. The van der Waals surface area contributed by atoms with Crippen molar-refractivity contribution in [2.45, 2.75) is 19.9 Å². The molecule has 0 saturated heterocycles. The van der Waals surface area contributed by atoms with Crippen LogP contribution >= 0.6 is 23.1 Å². The summed E-state index contributed by atoms with van der Waals surface area (Å²) in [6.07, 6.45) is 2.33. The molecule has 0 bridgehead atoms. The van der Waals surface area contributed by atoms with E-state index in [2.05, 4.69) is 40.9 Å². The molecule has 4 rings (SSSR count). The number of ether oxygens (including phenoxy) is 2. The number of nitrogens with zero attached hydrogens (tertiary/aromatic N) is 2. The average molecular weight is 401 g/mol. The highest BCUT2D eigenvalue weighted by molar-refractivity contribution is 7.98. The Labute approximate surface area is 165 Å². The first kappa shape index (κ1) is 18.1. The highest BCUT2D eigenvalue weighted by Gasteiger charge is 2.15. The molecule has 0 fully saturated rings. The van der Waals surface area contributed by atoms with Crippen molar-refractivity contribution < 1.29 is 14.3 Å². The van der Waals surface area contributed by atoms with Crippen LogP contribution in [0.15, 0.2) is 41.4 Å². The van der Waals surface area contributed by atoms with Gasteiger partial charge in [0.2, 0.25) is 6.79 Å². The molecule has 27 heavy (non-hydrogen) atoms. The maximum atomic E-state index is 12.6. The van der Waals surface area contributed by atoms with Gasteiger partial charge in [-0.25, -0.2) is 0 Å². The van der Waals surface area contributed by atoms with E-state index >= 15 is 0 Å². The van der Waals surface area contributed by atoms with Gasteiger partial charge in [0.25, 0.3) is 5.91 Å². The summed E-state index contributed by atoms with van der Waals surface area (Å²) in [5, 5.41) is 0. The van der Waals surface area contributed by atoms with Crippen molar-refractivity contribution in [3.8, 4) is 11.5 Å². The monoisotopic (exact) mass is 400 g/mol. The second-order valence-electron chi connectivity index (χ2n) is 6.37. The average Bonchev–Trinajstić information content (AvgIpc) is 3.23. The van der Waals surface area contributed by atoms with Crippen LogP contribution < -0.4 is 14.3 Å². The van der Waals surface area contributed by atoms with Crippen molar-refractivity contribution in [1.82, 2.24) is 4.57 Å². The Balaban J connectivity index is 1.65. The molecule has 5 nitrogen and oxygen atoms in total. The summed E-state index contributed by atoms with van der Waals surface area (Å²) in [4.78, 5) is 17.8. The topological polar surface area (TPSA) is 52.8 Å². The summed E-state index contributed by atoms with van der Waals surface area (Å²) in [6, 6.07) is 11.9. The smallest absolute Gasteiger partial charge is 0.252 e. The molecule has 140 valence electrons. The van der Waals surface area contributed by atoms with Crippen LogP contribution in [0.5, 0.6) is 11.5 Å². The van der Waals surface area contributed by atoms with E-state index in [4.69, 9.17) is 9.47 Å². The zero-order valence-corrected chi connectivity index (χ0v) is 16.9. The normalized spacial score (nSPS) is 13.5. The first-order chi connectivity index (χ1) is 13.1. The maximum Gasteiger partial charge on any atom is 0.252 e. The van der Waals surface area contributed by atoms with Crippen molar-refractivity contribution in [1.29, 1.82) is 0 Å². The summed E-state index contributed by atoms with van der Waals surface area (Å²) >= 11 is 3.35. The van der Waals surface area contributed by atoms with Gasteiger partial charge in [-0.1, -0.05) is 23.5 Å². The Bertz CT molecular complexity index is 1070. The van der Waals surface area contributed by atoms with E-state index in [-0.39, 0.29) is 19.1 Å². The van der Waals surface area contributed by atoms with Crippen molar-refractivity contribution in [3.05, 3.63) is 52.3 Å². The third-order valence-electron chi connectivity index (χ3n) is 4.37. The zero-order valence-electron chi connectivity index (χ0n) is 15.2. The number of thiazole rings is 1. The number of thioether (sulfide) groups is 1. The Kier molecular flexibility index (Phi) is 5.22. The summed E-state index contributed by atoms with van der Waals surface area (Å²) in [7, 11) is 0. The van der Waals surface area contributed by atoms with Crippen LogP contribution in [-0.4, -0.2) is 29.3 Å². The van der Waals surface area contributed by atoms with Crippen LogP contribution in [-0.2, 0) is 17.8 Å². The van der Waals surface area contributed by atoms with Gasteiger partial charge in [0.1, 0.15) is 0 Å². The molecule has 1 aliphatic rings. The molecule has 3 aromatic rings. The van der Waals surface area contributed by atoms with Gasteiger partial charge in [0.15, 0.2) is 16.3 Å². The third kappa shape index (κ3) is 3.89. The molecule has 0 radical (unpaired) electrons. The number of amides is 1. The summed E-state index contributed by atoms with van der Waals surface area (Å²) < 4.78 is 14.0. The number of carbonyl (C=O) groups excluding carboxylic acids is 1. The van der Waals surface area contributed by atoms with Crippen LogP contribution in [0.25, 0.3) is 10.2 Å². The molecule has 1 aromatic heterocycles. The van der Waals surface area contributed by atoms with Gasteiger partial charge in [0.05, 0.1) is 16.6 Å². The number of hydrogen-bond donors (Lipinski definition) is 0. The molecule has 0 atom stereocenters. The van der Waals surface area contributed by atoms with Crippen LogP contribution in [0.3, 0.4) is 0 Å². The fourth-order valence-corrected chi connectivity index (χ4v) is 4.57. The first-order valence-electron chi connectivity index (χ1n) is 8.69. The van der Waals surface area contributed by atoms with E-state index in [9.17, 15) is 4.79 Å². The first-order valence-corrected chi connectivity index (χ1v) is 10.9. The van der Waals surface area contributed by atoms with E-state index in [0.717, 1.165) is 38.6 Å². The second kappa shape index (κ2) is 7.78. The van der Waals surface area contributed by atoms with Crippen LogP contribution in [0.2, 0.25) is 0 Å². The maximum absolute atomic E-state index is 12.6. The van der Waals surface area contributed by atoms with Crippen LogP contribution in [0.1, 0.15) is 11.1 Å². The van der Waals surface area contributed by atoms with E-state index in [0.29, 0.717) is 5.75 Å². The fraction of sp³-hybridized carbons (Fsp3) is 0.300. The molecule has 2 heterocycles. The minimum absolute atomic E-state index is 0.157. The van der Waals surface area contributed by atoms with Gasteiger partial charge in [-0.05, 0) is 48.6 Å². The number of fused-ring (bicyclic) bond motifs is 2. The van der Waals surface area contributed by atoms with Crippen molar-refractivity contribution >= 4 is 39.2 Å². The predicted molar refractivity (Wildman–Crippen MR) is 110 cm³/mol. The SMILES string of the molecule is CSCCn1c(=NC(=O)Cc2ccc3c(c2)OCO3)sc2cc(C)ccc21. The van der Waals surface area contributed by atoms with E-state index in [1.54, 1.807) is 23.1 Å². The zero-order chi connectivity index (χ0) is 18.8. The van der Waals surface area contributed by atoms with Gasteiger partial charge in [-0.15, -0.1) is 0 Å². The van der Waals surface area contributed by atoms with Gasteiger partial charge in [0, 0.05) is 12.3 Å². The molecule has 7 heteroatoms. The number of aryl methyl sites for hydroxylation is 2. The summed E-state index contributed by atoms with van der Waals surface area (Å²) in [6.45, 7) is 3.14. The standard InChI is InChI=1S/C20H20N2O3S2/c1-13-3-5-15-18(9-13)27-20(22(15)7-8-26-2)21-19(23)11-14-4-6-16-17(10-14)25-12-24-16/h3-6,9-10H,7-8,11-12H2,1-2H3. The minimum atomic E-state index is -0.157. The number of carbonyl (C=O) groups is 1. The number of benzene rings is 2. The molecule has 0 saturated carbocycles. The fourth-order valence-electron chi connectivity index (χ4n) is 3.04. The van der Waals surface area contributed by atoms with Gasteiger partial charge in [-0.2, -0.15) is 16.8 Å². The third-order valence-corrected chi connectivity index (χ3v) is 6.00. The van der Waals surface area contributed by atoms with E-state index in [1.165, 1.54) is 5.56 Å². The van der Waals surface area contributed by atoms with Crippen molar-refractivity contribution in [2.24, 2.45) is 4.99 Å². The van der Waals surface area contributed by atoms with Crippen LogP contribution in [0.4, 0.5) is 0 Å². The minimum Gasteiger partial charge on any atom is -0.454 e. The molecule has 0 aliphatic carbocycles. The van der Waals surface area contributed by atoms with Crippen molar-refractivity contribution in [3.63, 3.8) is 0 Å². The van der Waals surface area contributed by atoms with Gasteiger partial charge in [-0.3, -0.25) is 4.79 Å². The molecular weight excluding hydrogens is 380 g/mol. The predicted octanol–water partition coefficient (Wildman–Crippen LogP) is 3.77. The molecular formula is C20H20N2O3S2. The van der Waals surface area contributed by atoms with E-state index in [1.807, 2.05) is 18.2 Å². The molecule has 1 amide bonds. The Hall–Kier alpha value is -2.25. The molecule has 2 aromatic carbocycles. The lowest BCUT2D eigenvalue weighted by atomic mass is 10.1. The Morgan fingerprint density at radius 3 is 2.93 bits per heavy atom. The lowest BCUT2D eigenvalue weighted by molar-refractivity contribution is -0.117. The highest BCUT2D eigenvalue weighted by Crippen LogP contribution is 2.32. The van der Waals surface area contributed by atoms with Crippen molar-refractivity contribution in [2.75, 3.05) is 18.8 Å². The lowest BCUT2D eigenvalue weighted by Gasteiger charge is -2.04. The van der Waals surface area contributed by atoms with Gasteiger partial charge >= 0.3 is 0 Å². The summed E-state index contributed by atoms with van der Waals surface area (Å²) in [5.41, 5.74) is 3.22. The Morgan fingerprint density at radius 2 is 2.07 bits per heavy atom. The lowest BCUT2D eigenvalue weighted by Crippen LogP contribution is -2.18. The number of rotatable bonds is 5. The summed E-state index contributed by atoms with van der Waals surface area (Å²) in [5.74, 6) is 2.23. The largest absolute Gasteiger partial charge is 0.454 e. The molecule has 0 spiro atoms. The number of aromatic nitrogens is 1. The molecule has 0 N–H and O–H groups in total. The van der Waals surface area contributed by atoms with E-state index < -0.39 is 0 Å².